The van der Waals surface area contributed by atoms with E-state index in [-0.39, 0.29) is 24.7 Å². The van der Waals surface area contributed by atoms with Crippen LogP contribution in [0, 0.1) is 6.92 Å². The number of fused-ring (bicyclic) bond motifs is 1. The SMILES string of the molecule is Cc1cccnc1CN1C[C@H]2OCC(=O)N(c3ccccc3)[C@H]2C1. The van der Waals surface area contributed by atoms with Crippen LogP contribution in [0.2, 0.25) is 0 Å². The number of ether oxygens (including phenoxy) is 1. The van der Waals surface area contributed by atoms with Gasteiger partial charge in [-0.1, -0.05) is 24.3 Å². The lowest BCUT2D eigenvalue weighted by Crippen LogP contribution is -2.54. The number of morpholine rings is 1. The number of anilines is 1. The first-order valence-corrected chi connectivity index (χ1v) is 8.34. The van der Waals surface area contributed by atoms with Crippen molar-refractivity contribution in [3.63, 3.8) is 0 Å². The van der Waals surface area contributed by atoms with Crippen LogP contribution in [-0.2, 0) is 16.1 Å². The fourth-order valence-corrected chi connectivity index (χ4v) is 3.63. The first-order chi connectivity index (χ1) is 11.7. The molecule has 1 amide bonds. The van der Waals surface area contributed by atoms with E-state index in [1.54, 1.807) is 0 Å². The predicted molar refractivity (Wildman–Crippen MR) is 91.7 cm³/mol. The number of benzene rings is 1. The largest absolute Gasteiger partial charge is 0.365 e. The van der Waals surface area contributed by atoms with Crippen LogP contribution in [0.1, 0.15) is 11.3 Å². The number of nitrogens with zero attached hydrogens (tertiary/aromatic N) is 3. The monoisotopic (exact) mass is 323 g/mol. The summed E-state index contributed by atoms with van der Waals surface area (Å²) in [4.78, 5) is 21.2. The predicted octanol–water partition coefficient (Wildman–Crippen LogP) is 2.01. The quantitative estimate of drug-likeness (QED) is 0.867. The highest BCUT2D eigenvalue weighted by molar-refractivity contribution is 5.95. The number of likely N-dealkylation sites (tertiary alicyclic amines) is 1. The molecule has 0 unspecified atom stereocenters. The van der Waals surface area contributed by atoms with Crippen LogP contribution in [0.3, 0.4) is 0 Å². The number of carbonyl (C=O) groups is 1. The van der Waals surface area contributed by atoms with E-state index in [1.165, 1.54) is 5.56 Å². The lowest BCUT2D eigenvalue weighted by molar-refractivity contribution is -0.130. The molecule has 0 radical (unpaired) electrons. The van der Waals surface area contributed by atoms with Crippen LogP contribution >= 0.6 is 0 Å². The number of amides is 1. The summed E-state index contributed by atoms with van der Waals surface area (Å²) in [6, 6.07) is 14.0. The minimum Gasteiger partial charge on any atom is -0.365 e. The Hall–Kier alpha value is -2.24. The average molecular weight is 323 g/mol. The molecule has 1 aromatic heterocycles. The minimum absolute atomic E-state index is 0.0401. The van der Waals surface area contributed by atoms with Gasteiger partial charge < -0.3 is 9.64 Å². The third kappa shape index (κ3) is 2.81. The molecule has 2 fully saturated rings. The molecule has 2 saturated heterocycles. The van der Waals surface area contributed by atoms with Crippen molar-refractivity contribution >= 4 is 11.6 Å². The van der Waals surface area contributed by atoms with Crippen LogP contribution in [0.25, 0.3) is 0 Å². The molecule has 2 atom stereocenters. The van der Waals surface area contributed by atoms with E-state index in [4.69, 9.17) is 4.74 Å². The third-order valence-electron chi connectivity index (χ3n) is 4.86. The van der Waals surface area contributed by atoms with Gasteiger partial charge in [0.05, 0.1) is 17.8 Å². The molecule has 2 aliphatic heterocycles. The Kier molecular flexibility index (Phi) is 4.04. The van der Waals surface area contributed by atoms with E-state index in [0.29, 0.717) is 0 Å². The maximum atomic E-state index is 12.4. The minimum atomic E-state index is 0.0401. The maximum Gasteiger partial charge on any atom is 0.253 e. The van der Waals surface area contributed by atoms with Gasteiger partial charge in [-0.2, -0.15) is 0 Å². The van der Waals surface area contributed by atoms with E-state index in [9.17, 15) is 4.79 Å². The molecule has 5 heteroatoms. The summed E-state index contributed by atoms with van der Waals surface area (Å²) < 4.78 is 5.81. The second-order valence-corrected chi connectivity index (χ2v) is 6.48. The lowest BCUT2D eigenvalue weighted by Gasteiger charge is -2.36. The van der Waals surface area contributed by atoms with Crippen molar-refractivity contribution < 1.29 is 9.53 Å². The van der Waals surface area contributed by atoms with Gasteiger partial charge in [-0.25, -0.2) is 0 Å². The fourth-order valence-electron chi connectivity index (χ4n) is 3.63. The number of carbonyl (C=O) groups excluding carboxylic acids is 1. The molecule has 0 aliphatic carbocycles. The summed E-state index contributed by atoms with van der Waals surface area (Å²) in [6.45, 7) is 4.67. The van der Waals surface area contributed by atoms with Gasteiger partial charge in [0, 0.05) is 31.5 Å². The third-order valence-corrected chi connectivity index (χ3v) is 4.86. The molecule has 5 nitrogen and oxygen atoms in total. The van der Waals surface area contributed by atoms with Crippen molar-refractivity contribution in [1.29, 1.82) is 0 Å². The average Bonchev–Trinajstić information content (AvgIpc) is 3.00. The van der Waals surface area contributed by atoms with Crippen molar-refractivity contribution in [3.8, 4) is 0 Å². The Balaban J connectivity index is 1.54. The standard InChI is InChI=1S/C19H21N3O2/c1-14-6-5-9-20-16(14)10-21-11-17-18(12-21)24-13-19(23)22(17)15-7-3-2-4-8-15/h2-9,17-18H,10-13H2,1H3/t17-,18+/m0/s1. The number of hydrogen-bond acceptors (Lipinski definition) is 4. The summed E-state index contributed by atoms with van der Waals surface area (Å²) in [5.74, 6) is 0.0401. The Labute approximate surface area is 141 Å². The number of rotatable bonds is 3. The summed E-state index contributed by atoms with van der Waals surface area (Å²) in [5, 5.41) is 0. The second-order valence-electron chi connectivity index (χ2n) is 6.48. The van der Waals surface area contributed by atoms with Crippen molar-refractivity contribution in [2.45, 2.75) is 25.6 Å². The normalized spacial score (nSPS) is 24.2. The zero-order valence-corrected chi connectivity index (χ0v) is 13.8. The number of hydrogen-bond donors (Lipinski definition) is 0. The van der Waals surface area contributed by atoms with E-state index in [2.05, 4.69) is 22.9 Å². The van der Waals surface area contributed by atoms with Crippen LogP contribution in [-0.4, -0.2) is 47.6 Å². The topological polar surface area (TPSA) is 45.7 Å². The first-order valence-electron chi connectivity index (χ1n) is 8.34. The second kappa shape index (κ2) is 6.34. The van der Waals surface area contributed by atoms with Gasteiger partial charge in [0.15, 0.2) is 0 Å². The number of pyridine rings is 1. The van der Waals surface area contributed by atoms with Crippen LogP contribution in [0.4, 0.5) is 5.69 Å². The molecule has 0 saturated carbocycles. The summed E-state index contributed by atoms with van der Waals surface area (Å²) in [7, 11) is 0. The highest BCUT2D eigenvalue weighted by atomic mass is 16.5. The van der Waals surface area contributed by atoms with Crippen LogP contribution in [0.15, 0.2) is 48.7 Å². The van der Waals surface area contributed by atoms with E-state index in [1.807, 2.05) is 47.5 Å². The van der Waals surface area contributed by atoms with E-state index >= 15 is 0 Å². The number of aromatic nitrogens is 1. The van der Waals surface area contributed by atoms with Gasteiger partial charge in [-0.05, 0) is 30.7 Å². The molecule has 124 valence electrons. The maximum absolute atomic E-state index is 12.4. The van der Waals surface area contributed by atoms with Crippen LogP contribution < -0.4 is 4.90 Å². The molecule has 0 N–H and O–H groups in total. The molecule has 4 rings (SSSR count). The summed E-state index contributed by atoms with van der Waals surface area (Å²) in [6.07, 6.45) is 1.90. The zero-order chi connectivity index (χ0) is 16.5. The van der Waals surface area contributed by atoms with Crippen LogP contribution in [0.5, 0.6) is 0 Å². The van der Waals surface area contributed by atoms with Gasteiger partial charge in [-0.15, -0.1) is 0 Å². The van der Waals surface area contributed by atoms with Gasteiger partial charge in [0.25, 0.3) is 5.91 Å². The van der Waals surface area contributed by atoms with Gasteiger partial charge in [-0.3, -0.25) is 14.7 Å². The highest BCUT2D eigenvalue weighted by Crippen LogP contribution is 2.29. The molecular formula is C19H21N3O2. The summed E-state index contributed by atoms with van der Waals surface area (Å²) >= 11 is 0. The lowest BCUT2D eigenvalue weighted by atomic mass is 10.1. The zero-order valence-electron chi connectivity index (χ0n) is 13.8. The Morgan fingerprint density at radius 2 is 2.00 bits per heavy atom. The van der Waals surface area contributed by atoms with Gasteiger partial charge in [0.1, 0.15) is 6.61 Å². The Morgan fingerprint density at radius 1 is 1.17 bits per heavy atom. The van der Waals surface area contributed by atoms with Crippen molar-refractivity contribution in [2.24, 2.45) is 0 Å². The Morgan fingerprint density at radius 3 is 2.79 bits per heavy atom. The molecule has 2 aromatic rings. The first kappa shape index (κ1) is 15.3. The number of para-hydroxylation sites is 1. The molecule has 3 heterocycles. The van der Waals surface area contributed by atoms with E-state index < -0.39 is 0 Å². The summed E-state index contributed by atoms with van der Waals surface area (Å²) in [5.41, 5.74) is 3.25. The van der Waals surface area contributed by atoms with Gasteiger partial charge in [0.2, 0.25) is 0 Å². The molecule has 2 aliphatic rings. The Bertz CT molecular complexity index is 734. The number of aryl methyl sites for hydroxylation is 1. The van der Waals surface area contributed by atoms with Crippen molar-refractivity contribution in [1.82, 2.24) is 9.88 Å². The van der Waals surface area contributed by atoms with Gasteiger partial charge >= 0.3 is 0 Å². The van der Waals surface area contributed by atoms with Crippen molar-refractivity contribution in [2.75, 3.05) is 24.6 Å². The molecule has 24 heavy (non-hydrogen) atoms. The smallest absolute Gasteiger partial charge is 0.253 e. The van der Waals surface area contributed by atoms with Crippen molar-refractivity contribution in [3.05, 3.63) is 59.9 Å². The highest BCUT2D eigenvalue weighted by Gasteiger charge is 2.43. The molecular weight excluding hydrogens is 302 g/mol. The molecule has 1 aromatic carbocycles. The van der Waals surface area contributed by atoms with E-state index in [0.717, 1.165) is 31.0 Å². The molecule has 0 spiro atoms. The molecule has 0 bridgehead atoms. The fraction of sp³-hybridized carbons (Fsp3) is 0.368.